The van der Waals surface area contributed by atoms with E-state index < -0.39 is 0 Å². The summed E-state index contributed by atoms with van der Waals surface area (Å²) in [6.45, 7) is 1.93. The van der Waals surface area contributed by atoms with Crippen molar-refractivity contribution in [3.8, 4) is 11.5 Å². The molecule has 4 heteroatoms. The largest absolute Gasteiger partial charge is 0.460 e. The second-order valence-corrected chi connectivity index (χ2v) is 4.92. The Labute approximate surface area is 100 Å². The Kier molecular flexibility index (Phi) is 2.33. The molecule has 0 saturated heterocycles. The molecule has 0 unspecified atom stereocenters. The van der Waals surface area contributed by atoms with Crippen LogP contribution in [0.25, 0.3) is 11.5 Å². The first kappa shape index (κ1) is 10.6. The molecule has 2 aromatic rings. The lowest BCUT2D eigenvalue weighted by molar-refractivity contribution is 0.435. The summed E-state index contributed by atoms with van der Waals surface area (Å²) in [7, 11) is 0. The molecule has 3 N–H and O–H groups in total. The molecular weight excluding hydrogens is 214 g/mol. The third-order valence-corrected chi connectivity index (χ3v) is 3.55. The van der Waals surface area contributed by atoms with E-state index >= 15 is 0 Å². The van der Waals surface area contributed by atoms with Gasteiger partial charge in [-0.05, 0) is 31.9 Å². The van der Waals surface area contributed by atoms with Gasteiger partial charge in [-0.25, -0.2) is 4.98 Å². The molecule has 0 aliphatic heterocycles. The zero-order valence-corrected chi connectivity index (χ0v) is 9.99. The maximum absolute atomic E-state index is 6.35. The van der Waals surface area contributed by atoms with Gasteiger partial charge in [-0.2, -0.15) is 0 Å². The van der Waals surface area contributed by atoms with E-state index in [2.05, 4.69) is 9.97 Å². The fourth-order valence-corrected chi connectivity index (χ4v) is 2.52. The van der Waals surface area contributed by atoms with Gasteiger partial charge in [-0.1, -0.05) is 12.8 Å². The number of aryl methyl sites for hydroxylation is 1. The lowest BCUT2D eigenvalue weighted by Crippen LogP contribution is -2.34. The van der Waals surface area contributed by atoms with Crippen LogP contribution in [-0.4, -0.2) is 9.97 Å². The third-order valence-electron chi connectivity index (χ3n) is 3.55. The van der Waals surface area contributed by atoms with Gasteiger partial charge < -0.3 is 15.1 Å². The second kappa shape index (κ2) is 3.74. The van der Waals surface area contributed by atoms with Crippen molar-refractivity contribution in [1.82, 2.24) is 9.97 Å². The van der Waals surface area contributed by atoms with Crippen molar-refractivity contribution in [2.45, 2.75) is 38.1 Å². The smallest absolute Gasteiger partial charge is 0.152 e. The van der Waals surface area contributed by atoms with E-state index in [0.29, 0.717) is 0 Å². The number of nitrogens with one attached hydrogen (secondary N) is 1. The van der Waals surface area contributed by atoms with E-state index in [0.717, 1.165) is 35.9 Å². The van der Waals surface area contributed by atoms with Gasteiger partial charge in [0.15, 0.2) is 5.76 Å². The minimum Gasteiger partial charge on any atom is -0.460 e. The Morgan fingerprint density at radius 1 is 1.35 bits per heavy atom. The zero-order valence-electron chi connectivity index (χ0n) is 9.99. The van der Waals surface area contributed by atoms with Crippen LogP contribution in [0.15, 0.2) is 22.7 Å². The number of nitrogens with zero attached hydrogens (tertiary/aromatic N) is 1. The molecule has 1 saturated carbocycles. The van der Waals surface area contributed by atoms with E-state index in [4.69, 9.17) is 10.2 Å². The van der Waals surface area contributed by atoms with E-state index in [9.17, 15) is 0 Å². The number of aromatic amines is 1. The molecule has 1 aliphatic carbocycles. The van der Waals surface area contributed by atoms with Gasteiger partial charge in [-0.15, -0.1) is 0 Å². The van der Waals surface area contributed by atoms with E-state index in [1.165, 1.54) is 12.8 Å². The van der Waals surface area contributed by atoms with Gasteiger partial charge in [0.2, 0.25) is 0 Å². The summed E-state index contributed by atoms with van der Waals surface area (Å²) in [5.41, 5.74) is 7.00. The molecule has 4 nitrogen and oxygen atoms in total. The van der Waals surface area contributed by atoms with Gasteiger partial charge in [0.05, 0.1) is 11.7 Å². The molecule has 2 aromatic heterocycles. The van der Waals surface area contributed by atoms with E-state index in [1.807, 2.05) is 19.1 Å². The fraction of sp³-hybridized carbons (Fsp3) is 0.462. The van der Waals surface area contributed by atoms with Crippen LogP contribution in [-0.2, 0) is 5.54 Å². The van der Waals surface area contributed by atoms with Gasteiger partial charge in [0.1, 0.15) is 17.3 Å². The second-order valence-electron chi connectivity index (χ2n) is 4.92. The minimum absolute atomic E-state index is 0.264. The molecule has 0 aromatic carbocycles. The molecule has 17 heavy (non-hydrogen) atoms. The highest BCUT2D eigenvalue weighted by Gasteiger charge is 2.34. The Morgan fingerprint density at radius 3 is 2.76 bits per heavy atom. The van der Waals surface area contributed by atoms with Crippen LogP contribution in [0.1, 0.15) is 37.3 Å². The minimum atomic E-state index is -0.264. The Hall–Kier alpha value is -1.55. The maximum atomic E-state index is 6.35. The van der Waals surface area contributed by atoms with E-state index in [1.54, 1.807) is 6.20 Å². The summed E-state index contributed by atoms with van der Waals surface area (Å²) < 4.78 is 5.57. The normalized spacial score (nSPS) is 18.7. The summed E-state index contributed by atoms with van der Waals surface area (Å²) in [6.07, 6.45) is 6.20. The van der Waals surface area contributed by atoms with Crippen molar-refractivity contribution >= 4 is 0 Å². The number of aromatic nitrogens is 2. The third kappa shape index (κ3) is 1.78. The van der Waals surface area contributed by atoms with Crippen molar-refractivity contribution < 1.29 is 4.42 Å². The van der Waals surface area contributed by atoms with Crippen LogP contribution in [0, 0.1) is 6.92 Å². The lowest BCUT2D eigenvalue weighted by atomic mass is 9.99. The van der Waals surface area contributed by atoms with Crippen molar-refractivity contribution in [1.29, 1.82) is 0 Å². The predicted octanol–water partition coefficient (Wildman–Crippen LogP) is 2.71. The highest BCUT2D eigenvalue weighted by molar-refractivity contribution is 5.51. The Balaban J connectivity index is 1.92. The summed E-state index contributed by atoms with van der Waals surface area (Å²) in [4.78, 5) is 7.71. The molecule has 1 fully saturated rings. The first-order valence-electron chi connectivity index (χ1n) is 6.09. The first-order chi connectivity index (χ1) is 8.17. The number of hydrogen-bond donors (Lipinski definition) is 2. The van der Waals surface area contributed by atoms with Crippen molar-refractivity contribution in [2.75, 3.05) is 0 Å². The van der Waals surface area contributed by atoms with Crippen LogP contribution in [0.4, 0.5) is 0 Å². The van der Waals surface area contributed by atoms with E-state index in [-0.39, 0.29) is 5.54 Å². The monoisotopic (exact) mass is 231 g/mol. The molecular formula is C13H17N3O. The van der Waals surface area contributed by atoms with Gasteiger partial charge in [-0.3, -0.25) is 0 Å². The van der Waals surface area contributed by atoms with Crippen LogP contribution in [0.5, 0.6) is 0 Å². The zero-order chi connectivity index (χ0) is 11.9. The summed E-state index contributed by atoms with van der Waals surface area (Å²) in [6, 6.07) is 3.90. The average molecular weight is 231 g/mol. The first-order valence-corrected chi connectivity index (χ1v) is 6.09. The molecule has 0 spiro atoms. The molecule has 3 rings (SSSR count). The van der Waals surface area contributed by atoms with Crippen LogP contribution in [0.2, 0.25) is 0 Å². The summed E-state index contributed by atoms with van der Waals surface area (Å²) in [5, 5.41) is 0. The van der Waals surface area contributed by atoms with Gasteiger partial charge >= 0.3 is 0 Å². The van der Waals surface area contributed by atoms with Gasteiger partial charge in [0.25, 0.3) is 0 Å². The number of imidazole rings is 1. The number of rotatable bonds is 2. The average Bonchev–Trinajstić information content (AvgIpc) is 2.96. The van der Waals surface area contributed by atoms with Gasteiger partial charge in [0, 0.05) is 0 Å². The molecule has 2 heterocycles. The highest BCUT2D eigenvalue weighted by atomic mass is 16.3. The quantitative estimate of drug-likeness (QED) is 0.835. The molecule has 0 amide bonds. The van der Waals surface area contributed by atoms with Crippen LogP contribution >= 0.6 is 0 Å². The number of furan rings is 1. The standard InChI is InChI=1S/C13H17N3O/c1-9-4-5-11(17-9)10-8-15-12(16-10)13(14)6-2-3-7-13/h4-5,8H,2-3,6-7,14H2,1H3,(H,15,16). The highest BCUT2D eigenvalue weighted by Crippen LogP contribution is 2.35. The SMILES string of the molecule is Cc1ccc(-c2cnc(C3(N)CCCC3)[nH]2)o1. The van der Waals surface area contributed by atoms with Crippen molar-refractivity contribution in [2.24, 2.45) is 5.73 Å². The molecule has 0 bridgehead atoms. The van der Waals surface area contributed by atoms with Crippen LogP contribution < -0.4 is 5.73 Å². The fourth-order valence-electron chi connectivity index (χ4n) is 2.52. The summed E-state index contributed by atoms with van der Waals surface area (Å²) in [5.74, 6) is 2.61. The Bertz CT molecular complexity index is 520. The molecule has 90 valence electrons. The molecule has 0 atom stereocenters. The van der Waals surface area contributed by atoms with Crippen LogP contribution in [0.3, 0.4) is 0 Å². The number of hydrogen-bond acceptors (Lipinski definition) is 3. The maximum Gasteiger partial charge on any atom is 0.152 e. The molecule has 0 radical (unpaired) electrons. The van der Waals surface area contributed by atoms with Crippen molar-refractivity contribution in [3.63, 3.8) is 0 Å². The molecule has 1 aliphatic rings. The topological polar surface area (TPSA) is 67.8 Å². The number of nitrogens with two attached hydrogens (primary N) is 1. The summed E-state index contributed by atoms with van der Waals surface area (Å²) >= 11 is 0. The number of H-pyrrole nitrogens is 1. The predicted molar refractivity (Wildman–Crippen MR) is 65.4 cm³/mol. The lowest BCUT2D eigenvalue weighted by Gasteiger charge is -2.20. The Morgan fingerprint density at radius 2 is 2.12 bits per heavy atom. The van der Waals surface area contributed by atoms with Crippen molar-refractivity contribution in [3.05, 3.63) is 29.9 Å².